The van der Waals surface area contributed by atoms with Crippen molar-refractivity contribution in [1.82, 2.24) is 9.13 Å². The van der Waals surface area contributed by atoms with Crippen molar-refractivity contribution < 1.29 is 0 Å². The van der Waals surface area contributed by atoms with Crippen LogP contribution in [0.4, 0.5) is 0 Å². The lowest BCUT2D eigenvalue weighted by Crippen LogP contribution is -1.96. The molecule has 1 aliphatic carbocycles. The average Bonchev–Trinajstić information content (AvgIpc) is 3.91. The first-order valence-corrected chi connectivity index (χ1v) is 19.2. The quantitative estimate of drug-likeness (QED) is 0.159. The third-order valence-electron chi connectivity index (χ3n) is 12.5. The van der Waals surface area contributed by atoms with Crippen LogP contribution in [0.25, 0.3) is 109 Å². The van der Waals surface area contributed by atoms with Crippen molar-refractivity contribution >= 4 is 86.7 Å². The van der Waals surface area contributed by atoms with Gasteiger partial charge in [0.25, 0.3) is 0 Å². The second-order valence-corrected chi connectivity index (χ2v) is 15.2. The molecule has 254 valence electrons. The summed E-state index contributed by atoms with van der Waals surface area (Å²) in [6.07, 6.45) is 0.887. The molecule has 0 unspecified atom stereocenters. The van der Waals surface area contributed by atoms with Crippen LogP contribution >= 0.6 is 0 Å². The lowest BCUT2D eigenvalue weighted by Gasteiger charge is -2.14. The van der Waals surface area contributed by atoms with Gasteiger partial charge in [0.1, 0.15) is 0 Å². The smallest absolute Gasteiger partial charge is 0.0546 e. The second-order valence-electron chi connectivity index (χ2n) is 15.2. The van der Waals surface area contributed by atoms with Crippen molar-refractivity contribution in [1.29, 1.82) is 0 Å². The summed E-state index contributed by atoms with van der Waals surface area (Å²) in [6.45, 7) is 0. The van der Waals surface area contributed by atoms with E-state index in [-0.39, 0.29) is 0 Å². The van der Waals surface area contributed by atoms with Gasteiger partial charge in [-0.2, -0.15) is 0 Å². The first kappa shape index (κ1) is 29.3. The van der Waals surface area contributed by atoms with E-state index < -0.39 is 0 Å². The van der Waals surface area contributed by atoms with Crippen LogP contribution in [0.5, 0.6) is 0 Å². The highest BCUT2D eigenvalue weighted by Gasteiger charge is 2.29. The van der Waals surface area contributed by atoms with E-state index in [2.05, 4.69) is 191 Å². The lowest BCUT2D eigenvalue weighted by molar-refractivity contribution is 1.20. The van der Waals surface area contributed by atoms with Gasteiger partial charge in [-0.3, -0.25) is 0 Å². The molecule has 0 fully saturated rings. The monoisotopic (exact) mass is 696 g/mol. The highest BCUT2D eigenvalue weighted by Crippen LogP contribution is 2.49. The fourth-order valence-corrected chi connectivity index (χ4v) is 10.3. The van der Waals surface area contributed by atoms with Gasteiger partial charge in [-0.05, 0) is 91.0 Å². The van der Waals surface area contributed by atoms with E-state index in [1.165, 1.54) is 120 Å². The summed E-state index contributed by atoms with van der Waals surface area (Å²) < 4.78 is 5.05. The molecule has 1 aliphatic rings. The number of benzene rings is 10. The van der Waals surface area contributed by atoms with Crippen LogP contribution in [0.3, 0.4) is 0 Å². The Morgan fingerprint density at radius 2 is 0.655 bits per heavy atom. The molecule has 0 atom stereocenters. The molecule has 0 amide bonds. The Morgan fingerprint density at radius 3 is 1.11 bits per heavy atom. The minimum atomic E-state index is 0.887. The zero-order valence-electron chi connectivity index (χ0n) is 29.9. The number of aromatic nitrogens is 2. The molecule has 2 nitrogen and oxygen atoms in total. The van der Waals surface area contributed by atoms with Crippen molar-refractivity contribution in [3.63, 3.8) is 0 Å². The summed E-state index contributed by atoms with van der Waals surface area (Å²) in [6, 6.07) is 67.7. The Morgan fingerprint density at radius 1 is 0.291 bits per heavy atom. The van der Waals surface area contributed by atoms with Gasteiger partial charge in [0.15, 0.2) is 0 Å². The van der Waals surface area contributed by atoms with Crippen LogP contribution in [-0.4, -0.2) is 9.13 Å². The van der Waals surface area contributed by atoms with Crippen molar-refractivity contribution in [2.45, 2.75) is 6.42 Å². The number of rotatable bonds is 2. The summed E-state index contributed by atoms with van der Waals surface area (Å²) in [5, 5.41) is 15.5. The molecule has 2 heteroatoms. The van der Waals surface area contributed by atoms with Gasteiger partial charge in [0.05, 0.1) is 33.4 Å². The molecular formula is C53H32N2. The van der Waals surface area contributed by atoms with E-state index in [0.717, 1.165) is 6.42 Å². The Kier molecular flexibility index (Phi) is 5.71. The Labute approximate surface area is 316 Å². The Bertz CT molecular complexity index is 3390. The molecule has 55 heavy (non-hydrogen) atoms. The van der Waals surface area contributed by atoms with E-state index >= 15 is 0 Å². The van der Waals surface area contributed by atoms with E-state index in [4.69, 9.17) is 0 Å². The van der Waals surface area contributed by atoms with Gasteiger partial charge in [-0.1, -0.05) is 146 Å². The van der Waals surface area contributed by atoms with Crippen LogP contribution in [0.1, 0.15) is 11.1 Å². The van der Waals surface area contributed by atoms with Gasteiger partial charge >= 0.3 is 0 Å². The van der Waals surface area contributed by atoms with Crippen LogP contribution < -0.4 is 0 Å². The SMILES string of the molecule is c1ccc2c(c1)cc(-n1c3ccccc3c3c4c(ccc31)-c1ccc3c(c1C4)c1ccccc1n3-c1cc3ccccc3c3ccccc13)c1ccccc12. The molecule has 0 spiro atoms. The molecule has 0 radical (unpaired) electrons. The third kappa shape index (κ3) is 3.83. The second kappa shape index (κ2) is 10.7. The minimum Gasteiger partial charge on any atom is -0.309 e. The molecule has 0 bridgehead atoms. The van der Waals surface area contributed by atoms with Crippen LogP contribution in [-0.2, 0) is 6.42 Å². The standard InChI is InChI=1S/C53H32N2/c1-3-15-34-32(13-1)29-50(40-19-7-5-17-36(34)40)54-46-23-11-9-21-42(46)52-44-31-45-39(38(44)25-27-48(52)54)26-28-49-53(45)43-22-10-12-24-47(43)55(49)51-30-33-14-2-4-16-35(33)37-18-6-8-20-41(37)51/h1-30H,31H2. The Hall–Kier alpha value is -7.16. The number of hydrogen-bond acceptors (Lipinski definition) is 0. The molecule has 13 rings (SSSR count). The summed E-state index contributed by atoms with van der Waals surface area (Å²) >= 11 is 0. The number of nitrogens with zero attached hydrogens (tertiary/aromatic N) is 2. The van der Waals surface area contributed by atoms with E-state index in [9.17, 15) is 0 Å². The maximum absolute atomic E-state index is 2.52. The van der Waals surface area contributed by atoms with Crippen molar-refractivity contribution in [2.75, 3.05) is 0 Å². The maximum atomic E-state index is 2.52. The summed E-state index contributed by atoms with van der Waals surface area (Å²) in [5.74, 6) is 0. The minimum absolute atomic E-state index is 0.887. The van der Waals surface area contributed by atoms with E-state index in [1.807, 2.05) is 0 Å². The highest BCUT2D eigenvalue weighted by molar-refractivity contribution is 6.20. The molecule has 2 heterocycles. The summed E-state index contributed by atoms with van der Waals surface area (Å²) in [7, 11) is 0. The number of para-hydroxylation sites is 2. The molecule has 0 saturated carbocycles. The van der Waals surface area contributed by atoms with Crippen LogP contribution in [0, 0.1) is 0 Å². The summed E-state index contributed by atoms with van der Waals surface area (Å²) in [4.78, 5) is 0. The first-order valence-electron chi connectivity index (χ1n) is 19.2. The fraction of sp³-hybridized carbons (Fsp3) is 0.0189. The van der Waals surface area contributed by atoms with Gasteiger partial charge in [-0.25, -0.2) is 0 Å². The van der Waals surface area contributed by atoms with Crippen molar-refractivity contribution in [3.05, 3.63) is 193 Å². The number of fused-ring (bicyclic) bond motifs is 17. The fourth-order valence-electron chi connectivity index (χ4n) is 10.3. The Balaban J connectivity index is 1.09. The molecule has 0 aliphatic heterocycles. The van der Waals surface area contributed by atoms with E-state index in [0.29, 0.717) is 0 Å². The molecule has 0 saturated heterocycles. The zero-order valence-corrected chi connectivity index (χ0v) is 29.9. The molecule has 0 N–H and O–H groups in total. The predicted molar refractivity (Wildman–Crippen MR) is 233 cm³/mol. The average molecular weight is 697 g/mol. The predicted octanol–water partition coefficient (Wildman–Crippen LogP) is 14.1. The number of hydrogen-bond donors (Lipinski definition) is 0. The maximum Gasteiger partial charge on any atom is 0.0546 e. The van der Waals surface area contributed by atoms with Crippen molar-refractivity contribution in [3.8, 4) is 22.5 Å². The first-order chi connectivity index (χ1) is 27.3. The lowest BCUT2D eigenvalue weighted by atomic mass is 9.99. The summed E-state index contributed by atoms with van der Waals surface area (Å²) in [5.41, 5.74) is 13.0. The van der Waals surface area contributed by atoms with Crippen molar-refractivity contribution in [2.24, 2.45) is 0 Å². The van der Waals surface area contributed by atoms with Crippen LogP contribution in [0.15, 0.2) is 182 Å². The van der Waals surface area contributed by atoms with Gasteiger partial charge < -0.3 is 9.13 Å². The third-order valence-corrected chi connectivity index (χ3v) is 12.5. The molecule has 2 aromatic heterocycles. The molecule has 10 aromatic carbocycles. The van der Waals surface area contributed by atoms with Crippen LogP contribution in [0.2, 0.25) is 0 Å². The van der Waals surface area contributed by atoms with E-state index in [1.54, 1.807) is 0 Å². The zero-order chi connectivity index (χ0) is 35.8. The normalized spacial score (nSPS) is 12.7. The largest absolute Gasteiger partial charge is 0.309 e. The van der Waals surface area contributed by atoms with Gasteiger partial charge in [0, 0.05) is 38.7 Å². The van der Waals surface area contributed by atoms with Gasteiger partial charge in [-0.15, -0.1) is 0 Å². The topological polar surface area (TPSA) is 9.86 Å². The van der Waals surface area contributed by atoms with Gasteiger partial charge in [0.2, 0.25) is 0 Å². The molecular weight excluding hydrogens is 665 g/mol. The highest BCUT2D eigenvalue weighted by atomic mass is 15.0. The molecule has 12 aromatic rings.